The molecule has 5 nitrogen and oxygen atoms in total. The molecule has 1 N–H and O–H groups in total. The minimum atomic E-state index is -0.0457. The zero-order chi connectivity index (χ0) is 16.3. The van der Waals surface area contributed by atoms with Crippen molar-refractivity contribution in [3.63, 3.8) is 0 Å². The van der Waals surface area contributed by atoms with Crippen LogP contribution in [-0.4, -0.2) is 34.8 Å². The average Bonchev–Trinajstić information content (AvgIpc) is 2.46. The molecule has 1 aromatic rings. The number of hydrogen-bond donors (Lipinski definition) is 1. The van der Waals surface area contributed by atoms with Crippen LogP contribution in [0.15, 0.2) is 18.3 Å². The maximum absolute atomic E-state index is 12.4. The summed E-state index contributed by atoms with van der Waals surface area (Å²) >= 11 is 0. The average molecular weight is 303 g/mol. The molecule has 0 radical (unpaired) electrons. The van der Waals surface area contributed by atoms with E-state index in [2.05, 4.69) is 31.1 Å². The number of aromatic nitrogens is 1. The second-order valence-electron chi connectivity index (χ2n) is 6.95. The molecule has 0 saturated carbocycles. The molecule has 1 aromatic heterocycles. The summed E-state index contributed by atoms with van der Waals surface area (Å²) in [6, 6.07) is 3.91. The quantitative estimate of drug-likeness (QED) is 0.913. The van der Waals surface area contributed by atoms with Crippen molar-refractivity contribution < 1.29 is 9.59 Å². The minimum absolute atomic E-state index is 0.00163. The Morgan fingerprint density at radius 3 is 2.45 bits per heavy atom. The van der Waals surface area contributed by atoms with Gasteiger partial charge in [-0.25, -0.2) is 4.98 Å². The maximum Gasteiger partial charge on any atom is 0.228 e. The second-order valence-corrected chi connectivity index (χ2v) is 6.95. The summed E-state index contributed by atoms with van der Waals surface area (Å²) in [7, 11) is 0. The Morgan fingerprint density at radius 1 is 1.27 bits per heavy atom. The molecule has 0 bridgehead atoms. The first-order valence-corrected chi connectivity index (χ1v) is 7.80. The fraction of sp³-hybridized carbons (Fsp3) is 0.588. The van der Waals surface area contributed by atoms with Crippen LogP contribution in [0.4, 0.5) is 5.82 Å². The molecule has 1 aliphatic rings. The summed E-state index contributed by atoms with van der Waals surface area (Å²) in [6.45, 7) is 9.27. The molecule has 2 heterocycles. The van der Waals surface area contributed by atoms with Crippen LogP contribution in [0.3, 0.4) is 0 Å². The predicted molar refractivity (Wildman–Crippen MR) is 86.5 cm³/mol. The molecule has 2 amide bonds. The molecule has 22 heavy (non-hydrogen) atoms. The van der Waals surface area contributed by atoms with Gasteiger partial charge in [0.1, 0.15) is 5.82 Å². The Labute approximate surface area is 132 Å². The number of anilines is 1. The van der Waals surface area contributed by atoms with Crippen molar-refractivity contribution in [2.75, 3.05) is 18.4 Å². The SMILES string of the molecule is CC(=O)N1CCC(C(=O)Nc2cc(C(C)(C)C)ccn2)CC1. The van der Waals surface area contributed by atoms with Gasteiger partial charge in [-0.1, -0.05) is 20.8 Å². The van der Waals surface area contributed by atoms with E-state index in [1.54, 1.807) is 18.0 Å². The predicted octanol–water partition coefficient (Wildman–Crippen LogP) is 2.58. The van der Waals surface area contributed by atoms with Gasteiger partial charge in [0.05, 0.1) is 0 Å². The molecule has 120 valence electrons. The fourth-order valence-corrected chi connectivity index (χ4v) is 2.65. The van der Waals surface area contributed by atoms with Crippen molar-refractivity contribution in [3.8, 4) is 0 Å². The lowest BCUT2D eigenvalue weighted by Crippen LogP contribution is -2.40. The standard InChI is InChI=1S/C17H25N3O2/c1-12(21)20-9-6-13(7-10-20)16(22)19-15-11-14(5-8-18-15)17(2,3)4/h5,8,11,13H,6-7,9-10H2,1-4H3,(H,18,19,22). The largest absolute Gasteiger partial charge is 0.343 e. The van der Waals surface area contributed by atoms with E-state index < -0.39 is 0 Å². The number of carbonyl (C=O) groups is 2. The van der Waals surface area contributed by atoms with Gasteiger partial charge in [-0.15, -0.1) is 0 Å². The molecule has 5 heteroatoms. The number of likely N-dealkylation sites (tertiary alicyclic amines) is 1. The highest BCUT2D eigenvalue weighted by Gasteiger charge is 2.26. The summed E-state index contributed by atoms with van der Waals surface area (Å²) in [5, 5.41) is 2.91. The van der Waals surface area contributed by atoms with Crippen molar-refractivity contribution in [1.29, 1.82) is 0 Å². The molecule has 0 unspecified atom stereocenters. The van der Waals surface area contributed by atoms with E-state index >= 15 is 0 Å². The Kier molecular flexibility index (Phi) is 4.84. The zero-order valence-corrected chi connectivity index (χ0v) is 13.8. The van der Waals surface area contributed by atoms with Gasteiger partial charge in [-0.2, -0.15) is 0 Å². The smallest absolute Gasteiger partial charge is 0.228 e. The highest BCUT2D eigenvalue weighted by Crippen LogP contribution is 2.24. The van der Waals surface area contributed by atoms with Gasteiger partial charge in [0.2, 0.25) is 11.8 Å². The van der Waals surface area contributed by atoms with Gasteiger partial charge < -0.3 is 10.2 Å². The Hall–Kier alpha value is -1.91. The molecule has 2 rings (SSSR count). The van der Waals surface area contributed by atoms with Crippen LogP contribution < -0.4 is 5.32 Å². The monoisotopic (exact) mass is 303 g/mol. The van der Waals surface area contributed by atoms with Gasteiger partial charge >= 0.3 is 0 Å². The summed E-state index contributed by atoms with van der Waals surface area (Å²) in [5.41, 5.74) is 1.17. The third-order valence-corrected chi connectivity index (χ3v) is 4.19. The van der Waals surface area contributed by atoms with Gasteiger partial charge in [0.15, 0.2) is 0 Å². The lowest BCUT2D eigenvalue weighted by molar-refractivity contribution is -0.132. The number of piperidine rings is 1. The van der Waals surface area contributed by atoms with Crippen molar-refractivity contribution in [1.82, 2.24) is 9.88 Å². The van der Waals surface area contributed by atoms with Gasteiger partial charge in [-0.05, 0) is 36.0 Å². The van der Waals surface area contributed by atoms with E-state index in [1.165, 1.54) is 0 Å². The molecular formula is C17H25N3O2. The van der Waals surface area contributed by atoms with Crippen LogP contribution >= 0.6 is 0 Å². The number of nitrogens with one attached hydrogen (secondary N) is 1. The first-order chi connectivity index (χ1) is 10.3. The normalized spacial score (nSPS) is 16.5. The molecule has 1 saturated heterocycles. The van der Waals surface area contributed by atoms with Gasteiger partial charge in [0, 0.05) is 32.1 Å². The van der Waals surface area contributed by atoms with Crippen LogP contribution in [0, 0.1) is 5.92 Å². The number of amides is 2. The second kappa shape index (κ2) is 6.46. The van der Waals surface area contributed by atoms with Crippen molar-refractivity contribution in [3.05, 3.63) is 23.9 Å². The number of hydrogen-bond acceptors (Lipinski definition) is 3. The van der Waals surface area contributed by atoms with Crippen LogP contribution in [0.1, 0.15) is 46.1 Å². The lowest BCUT2D eigenvalue weighted by Gasteiger charge is -2.30. The number of nitrogens with zero attached hydrogens (tertiary/aromatic N) is 2. The van der Waals surface area contributed by atoms with E-state index in [4.69, 9.17) is 0 Å². The lowest BCUT2D eigenvalue weighted by atomic mass is 9.88. The van der Waals surface area contributed by atoms with E-state index in [0.29, 0.717) is 31.7 Å². The molecule has 1 fully saturated rings. The highest BCUT2D eigenvalue weighted by molar-refractivity contribution is 5.92. The van der Waals surface area contributed by atoms with Crippen LogP contribution in [-0.2, 0) is 15.0 Å². The van der Waals surface area contributed by atoms with Crippen molar-refractivity contribution >= 4 is 17.6 Å². The van der Waals surface area contributed by atoms with Crippen molar-refractivity contribution in [2.24, 2.45) is 5.92 Å². The maximum atomic E-state index is 12.4. The van der Waals surface area contributed by atoms with E-state index in [9.17, 15) is 9.59 Å². The number of pyridine rings is 1. The van der Waals surface area contributed by atoms with E-state index in [-0.39, 0.29) is 23.1 Å². The fourth-order valence-electron chi connectivity index (χ4n) is 2.65. The molecule has 0 aromatic carbocycles. The molecule has 0 spiro atoms. The van der Waals surface area contributed by atoms with Crippen LogP contribution in [0.2, 0.25) is 0 Å². The highest BCUT2D eigenvalue weighted by atomic mass is 16.2. The Balaban J connectivity index is 1.97. The van der Waals surface area contributed by atoms with Gasteiger partial charge in [-0.3, -0.25) is 9.59 Å². The molecule has 0 atom stereocenters. The zero-order valence-electron chi connectivity index (χ0n) is 13.8. The topological polar surface area (TPSA) is 62.3 Å². The Bertz CT molecular complexity index is 555. The van der Waals surface area contributed by atoms with Gasteiger partial charge in [0.25, 0.3) is 0 Å². The first-order valence-electron chi connectivity index (χ1n) is 7.80. The van der Waals surface area contributed by atoms with E-state index in [0.717, 1.165) is 5.56 Å². The summed E-state index contributed by atoms with van der Waals surface area (Å²) in [5.74, 6) is 0.641. The first kappa shape index (κ1) is 16.5. The van der Waals surface area contributed by atoms with E-state index in [1.807, 2.05) is 12.1 Å². The number of carbonyl (C=O) groups excluding carboxylic acids is 2. The third-order valence-electron chi connectivity index (χ3n) is 4.19. The minimum Gasteiger partial charge on any atom is -0.343 e. The third kappa shape index (κ3) is 4.06. The number of rotatable bonds is 2. The van der Waals surface area contributed by atoms with Crippen LogP contribution in [0.5, 0.6) is 0 Å². The molecular weight excluding hydrogens is 278 g/mol. The summed E-state index contributed by atoms with van der Waals surface area (Å²) in [6.07, 6.45) is 3.16. The molecule has 1 aliphatic heterocycles. The van der Waals surface area contributed by atoms with Crippen LogP contribution in [0.25, 0.3) is 0 Å². The van der Waals surface area contributed by atoms with Crippen molar-refractivity contribution in [2.45, 2.75) is 46.0 Å². The summed E-state index contributed by atoms with van der Waals surface area (Å²) in [4.78, 5) is 29.7. The molecule has 0 aliphatic carbocycles. The Morgan fingerprint density at radius 2 is 1.91 bits per heavy atom. The summed E-state index contributed by atoms with van der Waals surface area (Å²) < 4.78 is 0.